The topological polar surface area (TPSA) is 79.3 Å². The van der Waals surface area contributed by atoms with Gasteiger partial charge < -0.3 is 24.4 Å². The number of nitrogens with zero attached hydrogens (tertiary/aromatic N) is 2. The summed E-state index contributed by atoms with van der Waals surface area (Å²) in [5.74, 6) is 0.0529. The summed E-state index contributed by atoms with van der Waals surface area (Å²) in [5, 5.41) is 11.4. The largest absolute Gasteiger partial charge is 0.507 e. The second-order valence-corrected chi connectivity index (χ2v) is 10.4. The van der Waals surface area contributed by atoms with E-state index in [-0.39, 0.29) is 11.3 Å². The molecule has 0 aromatic heterocycles. The molecule has 4 rings (SSSR count). The molecule has 0 saturated carbocycles. The number of hydrogen-bond donors (Lipinski definition) is 1. The number of hydrogen-bond acceptors (Lipinski definition) is 6. The molecule has 39 heavy (non-hydrogen) atoms. The molecule has 1 N–H and O–H groups in total. The van der Waals surface area contributed by atoms with E-state index in [2.05, 4.69) is 13.8 Å². The van der Waals surface area contributed by atoms with Gasteiger partial charge in [-0.25, -0.2) is 0 Å². The van der Waals surface area contributed by atoms with Crippen molar-refractivity contribution in [3.63, 3.8) is 0 Å². The van der Waals surface area contributed by atoms with Gasteiger partial charge in [0.15, 0.2) is 0 Å². The Labute approximate surface area is 230 Å². The number of carbonyl (C=O) groups is 2. The highest BCUT2D eigenvalue weighted by Gasteiger charge is 2.45. The van der Waals surface area contributed by atoms with E-state index in [4.69, 9.17) is 9.47 Å². The molecule has 1 amide bonds. The lowest BCUT2D eigenvalue weighted by Crippen LogP contribution is -2.35. The quantitative estimate of drug-likeness (QED) is 0.207. The van der Waals surface area contributed by atoms with Crippen molar-refractivity contribution in [2.75, 3.05) is 33.8 Å². The summed E-state index contributed by atoms with van der Waals surface area (Å²) in [4.78, 5) is 30.0. The molecule has 7 nitrogen and oxygen atoms in total. The van der Waals surface area contributed by atoms with Gasteiger partial charge in [-0.2, -0.15) is 0 Å². The van der Waals surface area contributed by atoms with Crippen LogP contribution in [0.15, 0.2) is 84.4 Å². The summed E-state index contributed by atoms with van der Waals surface area (Å²) < 4.78 is 11.7. The number of aliphatic hydroxyl groups excluding tert-OH is 1. The van der Waals surface area contributed by atoms with Crippen molar-refractivity contribution in [2.24, 2.45) is 5.92 Å². The average Bonchev–Trinajstić information content (AvgIpc) is 3.19. The molecular weight excluding hydrogens is 492 g/mol. The third-order valence-corrected chi connectivity index (χ3v) is 6.46. The van der Waals surface area contributed by atoms with Crippen molar-refractivity contribution in [3.8, 4) is 11.5 Å². The smallest absolute Gasteiger partial charge is 0.295 e. The van der Waals surface area contributed by atoms with Crippen LogP contribution < -0.4 is 9.47 Å². The lowest BCUT2D eigenvalue weighted by molar-refractivity contribution is -0.140. The normalized spacial score (nSPS) is 16.8. The Hall–Kier alpha value is -4.10. The molecule has 1 heterocycles. The van der Waals surface area contributed by atoms with Gasteiger partial charge in [0.1, 0.15) is 23.9 Å². The van der Waals surface area contributed by atoms with Crippen LogP contribution in [0.3, 0.4) is 0 Å². The van der Waals surface area contributed by atoms with E-state index in [1.165, 1.54) is 4.90 Å². The Morgan fingerprint density at radius 2 is 1.64 bits per heavy atom. The van der Waals surface area contributed by atoms with E-state index in [9.17, 15) is 14.7 Å². The minimum absolute atomic E-state index is 0.0673. The maximum absolute atomic E-state index is 13.3. The van der Waals surface area contributed by atoms with Gasteiger partial charge >= 0.3 is 0 Å². The molecule has 204 valence electrons. The Morgan fingerprint density at radius 3 is 2.31 bits per heavy atom. The Bertz CT molecular complexity index is 1320. The molecule has 1 saturated heterocycles. The minimum atomic E-state index is -0.728. The van der Waals surface area contributed by atoms with Gasteiger partial charge in [0.25, 0.3) is 11.7 Å². The van der Waals surface area contributed by atoms with E-state index < -0.39 is 17.7 Å². The van der Waals surface area contributed by atoms with Crippen LogP contribution in [0.1, 0.15) is 36.6 Å². The van der Waals surface area contributed by atoms with Crippen molar-refractivity contribution >= 4 is 17.4 Å². The van der Waals surface area contributed by atoms with Crippen LogP contribution in [0.25, 0.3) is 5.76 Å². The van der Waals surface area contributed by atoms with Crippen molar-refractivity contribution < 1.29 is 24.2 Å². The molecule has 1 unspecified atom stereocenters. The molecule has 1 atom stereocenters. The van der Waals surface area contributed by atoms with E-state index in [0.717, 1.165) is 5.56 Å². The third kappa shape index (κ3) is 6.86. The van der Waals surface area contributed by atoms with Crippen LogP contribution in [0.2, 0.25) is 0 Å². The molecule has 0 aliphatic carbocycles. The fourth-order valence-electron chi connectivity index (χ4n) is 4.40. The fraction of sp³-hybridized carbons (Fsp3) is 0.312. The highest BCUT2D eigenvalue weighted by molar-refractivity contribution is 6.46. The fourth-order valence-corrected chi connectivity index (χ4v) is 4.40. The number of benzene rings is 3. The van der Waals surface area contributed by atoms with Gasteiger partial charge in [-0.1, -0.05) is 68.4 Å². The van der Waals surface area contributed by atoms with Crippen molar-refractivity contribution in [1.29, 1.82) is 0 Å². The van der Waals surface area contributed by atoms with E-state index in [0.29, 0.717) is 54.8 Å². The van der Waals surface area contributed by atoms with Gasteiger partial charge in [-0.15, -0.1) is 0 Å². The van der Waals surface area contributed by atoms with Gasteiger partial charge in [0.05, 0.1) is 18.2 Å². The number of ether oxygens (including phenoxy) is 2. The third-order valence-electron chi connectivity index (χ3n) is 6.46. The van der Waals surface area contributed by atoms with Gasteiger partial charge in [0, 0.05) is 18.7 Å². The Kier molecular flexibility index (Phi) is 9.04. The number of carbonyl (C=O) groups excluding carboxylic acids is 2. The highest BCUT2D eigenvalue weighted by Crippen LogP contribution is 2.40. The van der Waals surface area contributed by atoms with Gasteiger partial charge in [-0.3, -0.25) is 9.59 Å². The molecule has 1 fully saturated rings. The number of amides is 1. The van der Waals surface area contributed by atoms with Crippen LogP contribution in [0.5, 0.6) is 11.5 Å². The Morgan fingerprint density at radius 1 is 0.923 bits per heavy atom. The second kappa shape index (κ2) is 12.6. The average molecular weight is 529 g/mol. The van der Waals surface area contributed by atoms with E-state index >= 15 is 0 Å². The van der Waals surface area contributed by atoms with Crippen LogP contribution in [-0.2, 0) is 16.2 Å². The highest BCUT2D eigenvalue weighted by atomic mass is 16.5. The zero-order chi connectivity index (χ0) is 27.9. The van der Waals surface area contributed by atoms with Crippen LogP contribution in [0, 0.1) is 5.92 Å². The zero-order valence-electron chi connectivity index (χ0n) is 23.0. The first-order valence-corrected chi connectivity index (χ1v) is 13.2. The molecule has 0 bridgehead atoms. The van der Waals surface area contributed by atoms with E-state index in [1.807, 2.05) is 73.6 Å². The Balaban J connectivity index is 1.67. The first-order valence-electron chi connectivity index (χ1n) is 13.2. The molecule has 3 aromatic rings. The summed E-state index contributed by atoms with van der Waals surface area (Å²) in [6.45, 7) is 5.96. The number of rotatable bonds is 11. The van der Waals surface area contributed by atoms with Crippen LogP contribution in [-0.4, -0.2) is 60.4 Å². The first kappa shape index (κ1) is 27.9. The first-order chi connectivity index (χ1) is 18.7. The standard InChI is InChI=1S/C32H36N2O5/c1-22(2)20-38-27-12-8-11-25(19-27)30(35)28-29(34(18-17-33(3)4)32(37)31(28)36)24-13-15-26(16-14-24)39-21-23-9-6-5-7-10-23/h5-16,19,22,29,35H,17-18,20-21H2,1-4H3/b30-28-. The monoisotopic (exact) mass is 528 g/mol. The lowest BCUT2D eigenvalue weighted by Gasteiger charge is -2.26. The van der Waals surface area contributed by atoms with Crippen molar-refractivity contribution in [3.05, 3.63) is 101 Å². The number of Topliss-reactive ketones (excluding diaryl/α,β-unsaturated/α-hetero) is 1. The molecule has 0 spiro atoms. The van der Waals surface area contributed by atoms with Crippen molar-refractivity contribution in [1.82, 2.24) is 9.80 Å². The summed E-state index contributed by atoms with van der Waals surface area (Å²) in [5.41, 5.74) is 2.26. The number of likely N-dealkylation sites (N-methyl/N-ethyl adjacent to an activating group) is 1. The summed E-state index contributed by atoms with van der Waals surface area (Å²) in [6.07, 6.45) is 0. The number of ketones is 1. The predicted octanol–water partition coefficient (Wildman–Crippen LogP) is 5.28. The summed E-state index contributed by atoms with van der Waals surface area (Å²) in [7, 11) is 3.82. The van der Waals surface area contributed by atoms with Gasteiger partial charge in [-0.05, 0) is 55.4 Å². The lowest BCUT2D eigenvalue weighted by atomic mass is 9.95. The molecule has 0 radical (unpaired) electrons. The van der Waals surface area contributed by atoms with E-state index in [1.54, 1.807) is 24.3 Å². The van der Waals surface area contributed by atoms with Crippen molar-refractivity contribution in [2.45, 2.75) is 26.5 Å². The molecule has 3 aromatic carbocycles. The minimum Gasteiger partial charge on any atom is -0.507 e. The molecule has 1 aliphatic heterocycles. The summed E-state index contributed by atoms with van der Waals surface area (Å²) in [6, 6.07) is 23.5. The maximum Gasteiger partial charge on any atom is 0.295 e. The maximum atomic E-state index is 13.3. The second-order valence-electron chi connectivity index (χ2n) is 10.4. The predicted molar refractivity (Wildman–Crippen MR) is 152 cm³/mol. The molecule has 1 aliphatic rings. The van der Waals surface area contributed by atoms with Gasteiger partial charge in [0.2, 0.25) is 0 Å². The summed E-state index contributed by atoms with van der Waals surface area (Å²) >= 11 is 0. The molecular formula is C32H36N2O5. The SMILES string of the molecule is CC(C)COc1cccc(/C(O)=C2/C(=O)C(=O)N(CCN(C)C)C2c2ccc(OCc3ccccc3)cc2)c1. The van der Waals surface area contributed by atoms with Crippen LogP contribution >= 0.6 is 0 Å². The molecule has 7 heteroatoms. The zero-order valence-corrected chi connectivity index (χ0v) is 23.0. The van der Waals surface area contributed by atoms with Crippen LogP contribution in [0.4, 0.5) is 0 Å². The number of aliphatic hydroxyl groups is 1. The number of likely N-dealkylation sites (tertiary alicyclic amines) is 1.